The van der Waals surface area contributed by atoms with E-state index >= 15 is 0 Å². The van der Waals surface area contributed by atoms with Crippen molar-refractivity contribution >= 4 is 15.9 Å². The summed E-state index contributed by atoms with van der Waals surface area (Å²) < 4.78 is 28.5. The average molecular weight is 340 g/mol. The van der Waals surface area contributed by atoms with Crippen LogP contribution in [0.3, 0.4) is 0 Å². The minimum Gasteiger partial charge on any atom is -0.494 e. The van der Waals surface area contributed by atoms with Gasteiger partial charge < -0.3 is 15.0 Å². The third-order valence-electron chi connectivity index (χ3n) is 3.94. The Morgan fingerprint density at radius 2 is 2.04 bits per heavy atom. The normalized spacial score (nSPS) is 19.3. The molecule has 0 aromatic heterocycles. The third-order valence-corrected chi connectivity index (χ3v) is 5.69. The zero-order chi connectivity index (χ0) is 16.7. The lowest BCUT2D eigenvalue weighted by Crippen LogP contribution is -2.44. The Hall–Kier alpha value is -1.76. The lowest BCUT2D eigenvalue weighted by Gasteiger charge is -2.23. The number of amides is 2. The summed E-state index contributed by atoms with van der Waals surface area (Å²) >= 11 is 0. The molecule has 128 valence electrons. The van der Waals surface area contributed by atoms with Crippen LogP contribution in [0.1, 0.15) is 19.3 Å². The molecule has 0 spiro atoms. The molecule has 1 aromatic rings. The predicted octanol–water partition coefficient (Wildman–Crippen LogP) is 1.67. The summed E-state index contributed by atoms with van der Waals surface area (Å²) in [5.41, 5.74) is 0. The van der Waals surface area contributed by atoms with Crippen molar-refractivity contribution in [2.45, 2.75) is 25.3 Å². The van der Waals surface area contributed by atoms with Crippen molar-refractivity contribution < 1.29 is 17.9 Å². The molecular formula is C16H24N2O4S. The van der Waals surface area contributed by atoms with Crippen molar-refractivity contribution in [2.75, 3.05) is 31.7 Å². The first-order valence-corrected chi connectivity index (χ1v) is 9.69. The van der Waals surface area contributed by atoms with Crippen LogP contribution >= 0.6 is 0 Å². The maximum Gasteiger partial charge on any atom is 0.317 e. The van der Waals surface area contributed by atoms with Crippen LogP contribution in [0, 0.1) is 0 Å². The van der Waals surface area contributed by atoms with Gasteiger partial charge in [0.05, 0.1) is 18.1 Å². The van der Waals surface area contributed by atoms with Gasteiger partial charge in [-0.15, -0.1) is 0 Å². The standard InChI is InChI=1S/C16H24N2O4S/c1-18(14-9-12-23(20,21)13-14)16(19)17-10-5-6-11-22-15-7-3-2-4-8-15/h2-4,7-8,14H,5-6,9-13H2,1H3,(H,17,19). The number of carbonyl (C=O) groups is 1. The Bertz CT molecular complexity index is 604. The van der Waals surface area contributed by atoms with Gasteiger partial charge in [0.25, 0.3) is 0 Å². The number of rotatable bonds is 7. The summed E-state index contributed by atoms with van der Waals surface area (Å²) in [7, 11) is -1.32. The minimum absolute atomic E-state index is 0.0713. The van der Waals surface area contributed by atoms with E-state index in [1.165, 1.54) is 4.90 Å². The Morgan fingerprint density at radius 3 is 2.70 bits per heavy atom. The van der Waals surface area contributed by atoms with Crippen LogP contribution < -0.4 is 10.1 Å². The summed E-state index contributed by atoms with van der Waals surface area (Å²) in [6.45, 7) is 1.16. The number of ether oxygens (including phenoxy) is 1. The van der Waals surface area contributed by atoms with E-state index in [0.29, 0.717) is 19.6 Å². The van der Waals surface area contributed by atoms with Crippen molar-refractivity contribution in [1.82, 2.24) is 10.2 Å². The molecular weight excluding hydrogens is 316 g/mol. The van der Waals surface area contributed by atoms with Crippen molar-refractivity contribution in [3.63, 3.8) is 0 Å². The van der Waals surface area contributed by atoms with Gasteiger partial charge in [-0.3, -0.25) is 0 Å². The molecule has 0 radical (unpaired) electrons. The topological polar surface area (TPSA) is 75.7 Å². The summed E-state index contributed by atoms with van der Waals surface area (Å²) in [4.78, 5) is 13.5. The van der Waals surface area contributed by atoms with Crippen LogP contribution in [0.15, 0.2) is 30.3 Å². The van der Waals surface area contributed by atoms with Crippen LogP contribution in [-0.2, 0) is 9.84 Å². The molecule has 1 aliphatic rings. The molecule has 0 saturated carbocycles. The average Bonchev–Trinajstić information content (AvgIpc) is 2.90. The number of nitrogens with zero attached hydrogens (tertiary/aromatic N) is 1. The summed E-state index contributed by atoms with van der Waals surface area (Å²) in [5, 5.41) is 2.82. The Balaban J connectivity index is 1.58. The fourth-order valence-electron chi connectivity index (χ4n) is 2.50. The van der Waals surface area contributed by atoms with Crippen LogP contribution in [0.2, 0.25) is 0 Å². The van der Waals surface area contributed by atoms with E-state index in [4.69, 9.17) is 4.74 Å². The lowest BCUT2D eigenvalue weighted by molar-refractivity contribution is 0.194. The molecule has 1 heterocycles. The maximum atomic E-state index is 12.0. The van der Waals surface area contributed by atoms with E-state index in [1.807, 2.05) is 30.3 Å². The van der Waals surface area contributed by atoms with Crippen LogP contribution in [-0.4, -0.2) is 57.1 Å². The molecule has 0 aliphatic carbocycles. The van der Waals surface area contributed by atoms with Gasteiger partial charge in [-0.25, -0.2) is 13.2 Å². The first-order valence-electron chi connectivity index (χ1n) is 7.87. The van der Waals surface area contributed by atoms with Crippen LogP contribution in [0.4, 0.5) is 4.79 Å². The van der Waals surface area contributed by atoms with E-state index in [2.05, 4.69) is 5.32 Å². The Morgan fingerprint density at radius 1 is 1.30 bits per heavy atom. The highest BCUT2D eigenvalue weighted by molar-refractivity contribution is 7.91. The van der Waals surface area contributed by atoms with Crippen molar-refractivity contribution in [3.05, 3.63) is 30.3 Å². The number of benzene rings is 1. The number of sulfone groups is 1. The number of nitrogens with one attached hydrogen (secondary N) is 1. The predicted molar refractivity (Wildman–Crippen MR) is 89.4 cm³/mol. The smallest absolute Gasteiger partial charge is 0.317 e. The van der Waals surface area contributed by atoms with Gasteiger partial charge in [0.2, 0.25) is 0 Å². The van der Waals surface area contributed by atoms with E-state index in [9.17, 15) is 13.2 Å². The van der Waals surface area contributed by atoms with E-state index < -0.39 is 9.84 Å². The molecule has 2 amide bonds. The molecule has 0 bridgehead atoms. The Labute approximate surface area is 137 Å². The molecule has 1 atom stereocenters. The van der Waals surface area contributed by atoms with Gasteiger partial charge in [0, 0.05) is 19.6 Å². The molecule has 6 nitrogen and oxygen atoms in total. The monoisotopic (exact) mass is 340 g/mol. The highest BCUT2D eigenvalue weighted by Crippen LogP contribution is 2.16. The second-order valence-corrected chi connectivity index (χ2v) is 8.00. The van der Waals surface area contributed by atoms with Crippen molar-refractivity contribution in [1.29, 1.82) is 0 Å². The highest BCUT2D eigenvalue weighted by Gasteiger charge is 2.32. The zero-order valence-corrected chi connectivity index (χ0v) is 14.2. The number of unbranched alkanes of at least 4 members (excludes halogenated alkanes) is 1. The molecule has 7 heteroatoms. The van der Waals surface area contributed by atoms with Crippen LogP contribution in [0.5, 0.6) is 5.75 Å². The van der Waals surface area contributed by atoms with Crippen LogP contribution in [0.25, 0.3) is 0 Å². The van der Waals surface area contributed by atoms with Gasteiger partial charge in [-0.2, -0.15) is 0 Å². The fraction of sp³-hybridized carbons (Fsp3) is 0.562. The number of hydrogen-bond donors (Lipinski definition) is 1. The van der Waals surface area contributed by atoms with Crippen molar-refractivity contribution in [2.24, 2.45) is 0 Å². The molecule has 2 rings (SSSR count). The maximum absolute atomic E-state index is 12.0. The number of carbonyl (C=O) groups excluding carboxylic acids is 1. The lowest BCUT2D eigenvalue weighted by atomic mass is 10.2. The summed E-state index contributed by atoms with van der Waals surface area (Å²) in [5.74, 6) is 1.09. The van der Waals surface area contributed by atoms with Gasteiger partial charge in [-0.1, -0.05) is 18.2 Å². The van der Waals surface area contributed by atoms with Gasteiger partial charge in [-0.05, 0) is 31.4 Å². The number of urea groups is 1. The minimum atomic E-state index is -2.97. The van der Waals surface area contributed by atoms with E-state index in [-0.39, 0.29) is 23.6 Å². The largest absolute Gasteiger partial charge is 0.494 e. The van der Waals surface area contributed by atoms with E-state index in [0.717, 1.165) is 18.6 Å². The molecule has 1 aliphatic heterocycles. The first-order chi connectivity index (χ1) is 11.0. The number of hydrogen-bond acceptors (Lipinski definition) is 4. The zero-order valence-electron chi connectivity index (χ0n) is 13.4. The van der Waals surface area contributed by atoms with Gasteiger partial charge in [0.15, 0.2) is 9.84 Å². The molecule has 1 saturated heterocycles. The highest BCUT2D eigenvalue weighted by atomic mass is 32.2. The second-order valence-electron chi connectivity index (χ2n) is 5.77. The second kappa shape index (κ2) is 8.19. The SMILES string of the molecule is CN(C(=O)NCCCCOc1ccccc1)C1CCS(=O)(=O)C1. The molecule has 1 unspecified atom stereocenters. The fourth-order valence-corrected chi connectivity index (χ4v) is 4.27. The molecule has 1 aromatic carbocycles. The van der Waals surface area contributed by atoms with Gasteiger partial charge in [0.1, 0.15) is 5.75 Å². The number of para-hydroxylation sites is 1. The van der Waals surface area contributed by atoms with E-state index in [1.54, 1.807) is 7.05 Å². The van der Waals surface area contributed by atoms with Gasteiger partial charge >= 0.3 is 6.03 Å². The molecule has 23 heavy (non-hydrogen) atoms. The molecule has 1 fully saturated rings. The quantitative estimate of drug-likeness (QED) is 0.766. The third kappa shape index (κ3) is 5.74. The summed E-state index contributed by atoms with van der Waals surface area (Å²) in [6, 6.07) is 9.19. The van der Waals surface area contributed by atoms with Crippen molar-refractivity contribution in [3.8, 4) is 5.75 Å². The Kier molecular flexibility index (Phi) is 6.27. The first kappa shape index (κ1) is 17.6. The summed E-state index contributed by atoms with van der Waals surface area (Å²) in [6.07, 6.45) is 2.18. The molecule has 1 N–H and O–H groups in total.